The molecular weight excluding hydrogens is 303 g/mol. The molecule has 1 heterocycles. The molecule has 1 aliphatic heterocycles. The van der Waals surface area contributed by atoms with E-state index in [1.54, 1.807) is 18.2 Å². The highest BCUT2D eigenvalue weighted by Crippen LogP contribution is 2.23. The first-order valence-corrected chi connectivity index (χ1v) is 8.19. The zero-order chi connectivity index (χ0) is 16.9. The monoisotopic (exact) mass is 324 g/mol. The average molecular weight is 324 g/mol. The molecule has 1 aliphatic rings. The molecule has 3 nitrogen and oxygen atoms in total. The smallest absolute Gasteiger partial charge is 0.241 e. The summed E-state index contributed by atoms with van der Waals surface area (Å²) in [4.78, 5) is 14.5. The van der Waals surface area contributed by atoms with Gasteiger partial charge < -0.3 is 5.32 Å². The number of hydrogen-bond acceptors (Lipinski definition) is 2. The Morgan fingerprint density at radius 3 is 2.50 bits per heavy atom. The van der Waals surface area contributed by atoms with Crippen LogP contribution in [0, 0.1) is 5.82 Å². The van der Waals surface area contributed by atoms with Crippen molar-refractivity contribution in [2.45, 2.75) is 19.4 Å². The molecule has 0 fully saturated rings. The molecule has 0 aliphatic carbocycles. The summed E-state index contributed by atoms with van der Waals surface area (Å²) < 4.78 is 13.7. The maximum Gasteiger partial charge on any atom is 0.241 e. The molecule has 0 unspecified atom stereocenters. The van der Waals surface area contributed by atoms with Crippen LogP contribution in [0.5, 0.6) is 0 Å². The minimum absolute atomic E-state index is 0.184. The SMILES string of the molecule is C[C@H](C(=O)Nc1ccccc1F)N1CC=C(c2ccccc2)CC1. The van der Waals surface area contributed by atoms with Crippen molar-refractivity contribution in [2.75, 3.05) is 18.4 Å². The third-order valence-electron chi connectivity index (χ3n) is 4.44. The topological polar surface area (TPSA) is 32.3 Å². The van der Waals surface area contributed by atoms with Crippen LogP contribution in [-0.2, 0) is 4.79 Å². The number of anilines is 1. The third-order valence-corrected chi connectivity index (χ3v) is 4.44. The van der Waals surface area contributed by atoms with Crippen molar-refractivity contribution in [3.63, 3.8) is 0 Å². The van der Waals surface area contributed by atoms with E-state index < -0.39 is 5.82 Å². The molecule has 2 aromatic rings. The number of nitrogens with one attached hydrogen (secondary N) is 1. The largest absolute Gasteiger partial charge is 0.322 e. The highest BCUT2D eigenvalue weighted by atomic mass is 19.1. The lowest BCUT2D eigenvalue weighted by molar-refractivity contribution is -0.120. The van der Waals surface area contributed by atoms with Crippen molar-refractivity contribution in [2.24, 2.45) is 0 Å². The summed E-state index contributed by atoms with van der Waals surface area (Å²) in [6, 6.07) is 16.2. The van der Waals surface area contributed by atoms with Crippen molar-refractivity contribution in [3.05, 3.63) is 72.1 Å². The number of para-hydroxylation sites is 1. The molecule has 0 saturated carbocycles. The molecule has 4 heteroatoms. The van der Waals surface area contributed by atoms with Gasteiger partial charge >= 0.3 is 0 Å². The van der Waals surface area contributed by atoms with Gasteiger partial charge in [0.05, 0.1) is 11.7 Å². The van der Waals surface area contributed by atoms with E-state index in [1.165, 1.54) is 17.2 Å². The Labute approximate surface area is 141 Å². The van der Waals surface area contributed by atoms with Crippen LogP contribution >= 0.6 is 0 Å². The van der Waals surface area contributed by atoms with Gasteiger partial charge in [0.25, 0.3) is 0 Å². The van der Waals surface area contributed by atoms with Crippen molar-refractivity contribution >= 4 is 17.2 Å². The number of rotatable bonds is 4. The van der Waals surface area contributed by atoms with Crippen LogP contribution in [0.2, 0.25) is 0 Å². The van der Waals surface area contributed by atoms with Crippen LogP contribution in [0.4, 0.5) is 10.1 Å². The molecule has 0 saturated heterocycles. The van der Waals surface area contributed by atoms with E-state index in [0.29, 0.717) is 0 Å². The summed E-state index contributed by atoms with van der Waals surface area (Å²) in [6.07, 6.45) is 3.08. The normalized spacial score (nSPS) is 16.3. The Bertz CT molecular complexity index is 742. The molecule has 1 atom stereocenters. The van der Waals surface area contributed by atoms with E-state index in [-0.39, 0.29) is 17.6 Å². The van der Waals surface area contributed by atoms with E-state index in [0.717, 1.165) is 19.5 Å². The van der Waals surface area contributed by atoms with Gasteiger partial charge in [0.15, 0.2) is 0 Å². The average Bonchev–Trinajstić information content (AvgIpc) is 2.64. The molecule has 24 heavy (non-hydrogen) atoms. The Morgan fingerprint density at radius 2 is 1.83 bits per heavy atom. The van der Waals surface area contributed by atoms with Crippen LogP contribution in [0.25, 0.3) is 5.57 Å². The second kappa shape index (κ2) is 7.41. The number of nitrogens with zero attached hydrogens (tertiary/aromatic N) is 1. The third kappa shape index (κ3) is 3.71. The fraction of sp³-hybridized carbons (Fsp3) is 0.250. The molecular formula is C20H21FN2O. The quantitative estimate of drug-likeness (QED) is 0.924. The van der Waals surface area contributed by atoms with Crippen LogP contribution in [0.3, 0.4) is 0 Å². The molecule has 0 bridgehead atoms. The second-order valence-corrected chi connectivity index (χ2v) is 5.99. The summed E-state index contributed by atoms with van der Waals surface area (Å²) in [5.74, 6) is -0.598. The fourth-order valence-corrected chi connectivity index (χ4v) is 2.92. The highest BCUT2D eigenvalue weighted by Gasteiger charge is 2.23. The zero-order valence-corrected chi connectivity index (χ0v) is 13.7. The summed E-state index contributed by atoms with van der Waals surface area (Å²) in [5, 5.41) is 2.67. The van der Waals surface area contributed by atoms with Gasteiger partial charge in [-0.15, -0.1) is 0 Å². The van der Waals surface area contributed by atoms with Crippen LogP contribution < -0.4 is 5.32 Å². The lowest BCUT2D eigenvalue weighted by atomic mass is 9.99. The standard InChI is InChI=1S/C20H21FN2O/c1-15(20(24)22-19-10-6-5-9-18(19)21)23-13-11-17(12-14-23)16-7-3-2-4-8-16/h2-11,15H,12-14H2,1H3,(H,22,24)/t15-/m1/s1. The number of carbonyl (C=O) groups is 1. The number of hydrogen-bond donors (Lipinski definition) is 1. The van der Waals surface area contributed by atoms with E-state index in [4.69, 9.17) is 0 Å². The summed E-state index contributed by atoms with van der Waals surface area (Å²) in [5.41, 5.74) is 2.78. The minimum atomic E-state index is -0.414. The molecule has 0 spiro atoms. The van der Waals surface area contributed by atoms with Gasteiger partial charge in [-0.25, -0.2) is 4.39 Å². The lowest BCUT2D eigenvalue weighted by Gasteiger charge is -2.31. The van der Waals surface area contributed by atoms with Crippen LogP contribution in [0.15, 0.2) is 60.7 Å². The maximum atomic E-state index is 13.7. The van der Waals surface area contributed by atoms with Gasteiger partial charge in [-0.05, 0) is 36.6 Å². The summed E-state index contributed by atoms with van der Waals surface area (Å²) in [6.45, 7) is 3.39. The predicted octanol–water partition coefficient (Wildman–Crippen LogP) is 3.94. The van der Waals surface area contributed by atoms with E-state index in [1.807, 2.05) is 25.1 Å². The molecule has 124 valence electrons. The van der Waals surface area contributed by atoms with E-state index >= 15 is 0 Å². The number of halogens is 1. The van der Waals surface area contributed by atoms with Gasteiger partial charge in [-0.1, -0.05) is 48.5 Å². The lowest BCUT2D eigenvalue weighted by Crippen LogP contribution is -2.44. The first kappa shape index (κ1) is 16.4. The minimum Gasteiger partial charge on any atom is -0.322 e. The van der Waals surface area contributed by atoms with Gasteiger partial charge in [0.1, 0.15) is 5.82 Å². The van der Waals surface area contributed by atoms with Crippen LogP contribution in [-0.4, -0.2) is 29.9 Å². The van der Waals surface area contributed by atoms with Crippen molar-refractivity contribution < 1.29 is 9.18 Å². The Morgan fingerprint density at radius 1 is 1.12 bits per heavy atom. The van der Waals surface area contributed by atoms with Crippen LogP contribution in [0.1, 0.15) is 18.9 Å². The molecule has 0 radical (unpaired) electrons. The number of benzene rings is 2. The molecule has 3 rings (SSSR count). The Kier molecular flexibility index (Phi) is 5.06. The Balaban J connectivity index is 1.62. The number of carbonyl (C=O) groups excluding carboxylic acids is 1. The van der Waals surface area contributed by atoms with Gasteiger partial charge in [0.2, 0.25) is 5.91 Å². The first-order chi connectivity index (χ1) is 11.6. The van der Waals surface area contributed by atoms with Crippen molar-refractivity contribution in [1.29, 1.82) is 0 Å². The predicted molar refractivity (Wildman–Crippen MR) is 95.1 cm³/mol. The molecule has 1 amide bonds. The molecule has 1 N–H and O–H groups in total. The maximum absolute atomic E-state index is 13.7. The van der Waals surface area contributed by atoms with Gasteiger partial charge in [0, 0.05) is 13.1 Å². The summed E-state index contributed by atoms with van der Waals surface area (Å²) in [7, 11) is 0. The van der Waals surface area contributed by atoms with E-state index in [2.05, 4.69) is 28.4 Å². The molecule has 0 aromatic heterocycles. The highest BCUT2D eigenvalue weighted by molar-refractivity contribution is 5.94. The first-order valence-electron chi connectivity index (χ1n) is 8.19. The van der Waals surface area contributed by atoms with Gasteiger partial charge in [-0.2, -0.15) is 0 Å². The van der Waals surface area contributed by atoms with Gasteiger partial charge in [-0.3, -0.25) is 9.69 Å². The zero-order valence-electron chi connectivity index (χ0n) is 13.7. The second-order valence-electron chi connectivity index (χ2n) is 5.99. The fourth-order valence-electron chi connectivity index (χ4n) is 2.92. The summed E-state index contributed by atoms with van der Waals surface area (Å²) >= 11 is 0. The van der Waals surface area contributed by atoms with Crippen molar-refractivity contribution in [1.82, 2.24) is 4.90 Å². The number of amides is 1. The Hall–Kier alpha value is -2.46. The van der Waals surface area contributed by atoms with Crippen molar-refractivity contribution in [3.8, 4) is 0 Å². The van der Waals surface area contributed by atoms with E-state index in [9.17, 15) is 9.18 Å². The molecule has 2 aromatic carbocycles.